The molecule has 3 heterocycles. The van der Waals surface area contributed by atoms with Crippen LogP contribution in [0.1, 0.15) is 49.8 Å². The van der Waals surface area contributed by atoms with Crippen LogP contribution in [0.25, 0.3) is 5.69 Å². The van der Waals surface area contributed by atoms with Crippen molar-refractivity contribution in [2.24, 2.45) is 5.41 Å². The summed E-state index contributed by atoms with van der Waals surface area (Å²) in [5.41, 5.74) is 1.59. The lowest BCUT2D eigenvalue weighted by atomic mass is 9.95. The number of methoxy groups -OCH3 is 1. The van der Waals surface area contributed by atoms with E-state index in [-0.39, 0.29) is 5.91 Å². The van der Waals surface area contributed by atoms with Crippen molar-refractivity contribution in [2.45, 2.75) is 39.0 Å². The van der Waals surface area contributed by atoms with Gasteiger partial charge in [-0.3, -0.25) is 9.78 Å². The Bertz CT molecular complexity index is 1610. The van der Waals surface area contributed by atoms with Crippen LogP contribution in [0, 0.1) is 5.41 Å². The number of carbonyl (C=O) groups excluding carboxylic acids is 1. The number of aromatic nitrogens is 2. The molecule has 11 heteroatoms. The molecule has 42 heavy (non-hydrogen) atoms. The average Bonchev–Trinajstić information content (AvgIpc) is 3.57. The van der Waals surface area contributed by atoms with E-state index in [9.17, 15) is 18.0 Å². The highest BCUT2D eigenvalue weighted by atomic mass is 32.1. The van der Waals surface area contributed by atoms with Gasteiger partial charge in [-0.05, 0) is 66.8 Å². The van der Waals surface area contributed by atoms with Gasteiger partial charge in [-0.1, -0.05) is 32.9 Å². The Morgan fingerprint density at radius 2 is 1.79 bits per heavy atom. The van der Waals surface area contributed by atoms with Crippen molar-refractivity contribution >= 4 is 34.6 Å². The van der Waals surface area contributed by atoms with E-state index >= 15 is 0 Å². The molecule has 0 bridgehead atoms. The van der Waals surface area contributed by atoms with E-state index in [1.54, 1.807) is 41.2 Å². The zero-order valence-corrected chi connectivity index (χ0v) is 24.3. The standard InChI is InChI=1S/C31H30F3N5O2S/c1-30(2,3)28(40)36-22-14-13-21(18-25(22)41-4)39-27(26(37-29(39)42)23-11-5-6-15-35-23)24-12-8-16-38(24)20-10-7-9-19(17-20)31(32,33)34/h5-18,26-27H,1-4H3,(H,36,40)(H,37,42)/t26-,27-/m1/s1. The maximum atomic E-state index is 13.6. The fourth-order valence-electron chi connectivity index (χ4n) is 4.88. The number of benzene rings is 2. The van der Waals surface area contributed by atoms with Gasteiger partial charge >= 0.3 is 6.18 Å². The Morgan fingerprint density at radius 3 is 2.45 bits per heavy atom. The third kappa shape index (κ3) is 5.69. The quantitative estimate of drug-likeness (QED) is 0.233. The summed E-state index contributed by atoms with van der Waals surface area (Å²) in [6.45, 7) is 5.46. The number of halogens is 3. The minimum absolute atomic E-state index is 0.168. The molecule has 7 nitrogen and oxygen atoms in total. The number of nitrogens with one attached hydrogen (secondary N) is 2. The third-order valence-electron chi connectivity index (χ3n) is 7.03. The van der Waals surface area contributed by atoms with Crippen molar-refractivity contribution < 1.29 is 22.7 Å². The first-order valence-corrected chi connectivity index (χ1v) is 13.6. The minimum atomic E-state index is -4.48. The molecule has 0 aliphatic carbocycles. The summed E-state index contributed by atoms with van der Waals surface area (Å²) in [6, 6.07) is 18.8. The predicted octanol–water partition coefficient (Wildman–Crippen LogP) is 7.06. The second-order valence-corrected chi connectivity index (χ2v) is 11.3. The van der Waals surface area contributed by atoms with Crippen molar-refractivity contribution in [3.63, 3.8) is 0 Å². The van der Waals surface area contributed by atoms with Crippen LogP contribution in [0.2, 0.25) is 0 Å². The van der Waals surface area contributed by atoms with E-state index < -0.39 is 29.2 Å². The van der Waals surface area contributed by atoms with Crippen molar-refractivity contribution in [3.05, 3.63) is 102 Å². The number of carbonyl (C=O) groups is 1. The summed E-state index contributed by atoms with van der Waals surface area (Å²) < 4.78 is 48.1. The molecule has 0 saturated carbocycles. The number of rotatable bonds is 6. The molecule has 1 saturated heterocycles. The lowest BCUT2D eigenvalue weighted by molar-refractivity contribution is -0.137. The van der Waals surface area contributed by atoms with Crippen molar-refractivity contribution in [2.75, 3.05) is 17.3 Å². The van der Waals surface area contributed by atoms with Gasteiger partial charge in [-0.2, -0.15) is 13.2 Å². The Balaban J connectivity index is 1.62. The van der Waals surface area contributed by atoms with Crippen molar-refractivity contribution in [3.8, 4) is 11.4 Å². The van der Waals surface area contributed by atoms with E-state index in [1.807, 2.05) is 56.0 Å². The molecule has 0 radical (unpaired) electrons. The van der Waals surface area contributed by atoms with Gasteiger partial charge < -0.3 is 24.8 Å². The zero-order valence-electron chi connectivity index (χ0n) is 23.4. The molecule has 2 aromatic heterocycles. The highest BCUT2D eigenvalue weighted by molar-refractivity contribution is 7.80. The number of ether oxygens (including phenoxy) is 1. The average molecular weight is 594 g/mol. The maximum Gasteiger partial charge on any atom is 0.416 e. The molecular weight excluding hydrogens is 563 g/mol. The Morgan fingerprint density at radius 1 is 1.00 bits per heavy atom. The molecule has 1 aliphatic heterocycles. The van der Waals surface area contributed by atoms with Crippen LogP contribution in [0.5, 0.6) is 5.75 Å². The van der Waals surface area contributed by atoms with Crippen LogP contribution in [0.3, 0.4) is 0 Å². The SMILES string of the molecule is COc1cc(N2C(=S)N[C@H](c3ccccn3)[C@H]2c2cccn2-c2cccc(C(F)(F)F)c2)ccc1NC(=O)C(C)(C)C. The van der Waals surface area contributed by atoms with Gasteiger partial charge in [0.15, 0.2) is 5.11 Å². The zero-order chi connectivity index (χ0) is 30.2. The fraction of sp³-hybridized carbons (Fsp3) is 0.258. The van der Waals surface area contributed by atoms with Crippen LogP contribution in [-0.2, 0) is 11.0 Å². The molecule has 5 rings (SSSR count). The van der Waals surface area contributed by atoms with Crippen LogP contribution in [0.4, 0.5) is 24.5 Å². The highest BCUT2D eigenvalue weighted by Gasteiger charge is 2.42. The van der Waals surface area contributed by atoms with E-state index in [4.69, 9.17) is 17.0 Å². The van der Waals surface area contributed by atoms with Crippen LogP contribution < -0.4 is 20.3 Å². The van der Waals surface area contributed by atoms with Gasteiger partial charge in [-0.25, -0.2) is 0 Å². The molecule has 1 aliphatic rings. The summed E-state index contributed by atoms with van der Waals surface area (Å²) >= 11 is 5.83. The molecule has 2 N–H and O–H groups in total. The van der Waals surface area contributed by atoms with Gasteiger partial charge in [0.25, 0.3) is 0 Å². The minimum Gasteiger partial charge on any atom is -0.494 e. The molecule has 4 aromatic rings. The number of thiocarbonyl (C=S) groups is 1. The topological polar surface area (TPSA) is 71.4 Å². The molecule has 1 amide bonds. The number of amides is 1. The van der Waals surface area contributed by atoms with Crippen molar-refractivity contribution in [1.29, 1.82) is 0 Å². The Kier molecular flexibility index (Phi) is 7.72. The number of pyridine rings is 1. The van der Waals surface area contributed by atoms with Gasteiger partial charge in [0, 0.05) is 40.9 Å². The molecule has 218 valence electrons. The molecule has 2 atom stereocenters. The Hall–Kier alpha value is -4.38. The predicted molar refractivity (Wildman–Crippen MR) is 160 cm³/mol. The number of anilines is 2. The van der Waals surface area contributed by atoms with Crippen molar-refractivity contribution in [1.82, 2.24) is 14.9 Å². The smallest absolute Gasteiger partial charge is 0.416 e. The van der Waals surface area contributed by atoms with Crippen LogP contribution in [-0.4, -0.2) is 27.7 Å². The first-order valence-electron chi connectivity index (χ1n) is 13.2. The number of hydrogen-bond acceptors (Lipinski definition) is 4. The number of nitrogens with zero attached hydrogens (tertiary/aromatic N) is 3. The molecule has 0 unspecified atom stereocenters. The van der Waals surface area contributed by atoms with Gasteiger partial charge in [-0.15, -0.1) is 0 Å². The van der Waals surface area contributed by atoms with Crippen LogP contribution in [0.15, 0.2) is 85.2 Å². The fourth-order valence-corrected chi connectivity index (χ4v) is 5.22. The highest BCUT2D eigenvalue weighted by Crippen LogP contribution is 2.44. The van der Waals surface area contributed by atoms with Crippen LogP contribution >= 0.6 is 12.2 Å². The normalized spacial score (nSPS) is 17.2. The Labute approximate surface area is 247 Å². The molecule has 1 fully saturated rings. The summed E-state index contributed by atoms with van der Waals surface area (Å²) in [4.78, 5) is 19.1. The second-order valence-electron chi connectivity index (χ2n) is 10.9. The van der Waals surface area contributed by atoms with E-state index in [0.29, 0.717) is 39.3 Å². The van der Waals surface area contributed by atoms with E-state index in [2.05, 4.69) is 15.6 Å². The summed E-state index contributed by atoms with van der Waals surface area (Å²) in [5, 5.41) is 6.69. The van der Waals surface area contributed by atoms with Gasteiger partial charge in [0.2, 0.25) is 5.91 Å². The monoisotopic (exact) mass is 593 g/mol. The number of alkyl halides is 3. The molecule has 2 aromatic carbocycles. The largest absolute Gasteiger partial charge is 0.494 e. The first kappa shape index (κ1) is 29.1. The van der Waals surface area contributed by atoms with E-state index in [1.165, 1.54) is 13.2 Å². The maximum absolute atomic E-state index is 13.6. The van der Waals surface area contributed by atoms with E-state index in [0.717, 1.165) is 12.1 Å². The lowest BCUT2D eigenvalue weighted by Crippen LogP contribution is -2.30. The summed E-state index contributed by atoms with van der Waals surface area (Å²) in [5.74, 6) is 0.264. The van der Waals surface area contributed by atoms with Gasteiger partial charge in [0.05, 0.1) is 30.1 Å². The third-order valence-corrected chi connectivity index (χ3v) is 7.34. The second kappa shape index (κ2) is 11.1. The lowest BCUT2D eigenvalue weighted by Gasteiger charge is -2.29. The van der Waals surface area contributed by atoms with Gasteiger partial charge in [0.1, 0.15) is 11.8 Å². The summed E-state index contributed by atoms with van der Waals surface area (Å²) in [6.07, 6.45) is -1.07. The summed E-state index contributed by atoms with van der Waals surface area (Å²) in [7, 11) is 1.51. The molecule has 0 spiro atoms. The first-order chi connectivity index (χ1) is 19.9. The number of hydrogen-bond donors (Lipinski definition) is 2. The molecular formula is C31H30F3N5O2S.